The van der Waals surface area contributed by atoms with E-state index in [0.717, 1.165) is 61.6 Å². The Labute approximate surface area is 418 Å². The first-order valence-corrected chi connectivity index (χ1v) is 24.6. The number of pyridine rings is 1. The van der Waals surface area contributed by atoms with Crippen LogP contribution in [0.3, 0.4) is 0 Å². The zero-order valence-corrected chi connectivity index (χ0v) is 41.6. The van der Waals surface area contributed by atoms with E-state index in [2.05, 4.69) is 287 Å². The molecule has 0 aliphatic heterocycles. The molecule has 8 aromatic carbocycles. The number of hydrogen-bond acceptors (Lipinski definition) is 2. The van der Waals surface area contributed by atoms with Crippen LogP contribution in [-0.4, -0.2) is 14.1 Å². The van der Waals surface area contributed by atoms with Crippen molar-refractivity contribution in [1.29, 1.82) is 0 Å². The SMILES string of the molecule is CC(C)(C)c1ccnc(-n2c3ccc(-c4ccccc4)cc3c3ccc(Oc4cc(-n5[c-][n+](-c6cc(-c7ccccc7)cc(C(C)(C)c7ccccc7)c6)cc5)cc(C(C)(C)c5ccccc5)c4)cc32)c1. The molecule has 0 aliphatic carbocycles. The molecule has 0 N–H and O–H groups in total. The number of fused-ring (bicyclic) bond motifs is 3. The quantitative estimate of drug-likeness (QED) is 0.0957. The van der Waals surface area contributed by atoms with Gasteiger partial charge < -0.3 is 4.74 Å². The molecule has 11 rings (SSSR count). The summed E-state index contributed by atoms with van der Waals surface area (Å²) in [4.78, 5) is 4.99. The zero-order valence-electron chi connectivity index (χ0n) is 41.6. The summed E-state index contributed by atoms with van der Waals surface area (Å²) in [5, 5.41) is 2.29. The summed E-state index contributed by atoms with van der Waals surface area (Å²) in [5.41, 5.74) is 14.2. The fourth-order valence-corrected chi connectivity index (χ4v) is 9.96. The maximum absolute atomic E-state index is 7.06. The summed E-state index contributed by atoms with van der Waals surface area (Å²) in [6.07, 6.45) is 9.83. The third-order valence-corrected chi connectivity index (χ3v) is 14.4. The molecular formula is C66H58N4O. The molecular weight excluding hydrogens is 865 g/mol. The van der Waals surface area contributed by atoms with Gasteiger partial charge in [0.15, 0.2) is 0 Å². The van der Waals surface area contributed by atoms with Crippen LogP contribution in [0, 0.1) is 6.33 Å². The molecule has 3 aromatic heterocycles. The molecule has 71 heavy (non-hydrogen) atoms. The molecule has 0 spiro atoms. The van der Waals surface area contributed by atoms with Crippen molar-refractivity contribution in [2.75, 3.05) is 0 Å². The van der Waals surface area contributed by atoms with E-state index in [1.165, 1.54) is 38.9 Å². The summed E-state index contributed by atoms with van der Waals surface area (Å²) in [6, 6.07) is 73.7. The van der Waals surface area contributed by atoms with Crippen molar-refractivity contribution in [3.8, 4) is 50.9 Å². The van der Waals surface area contributed by atoms with Crippen molar-refractivity contribution in [2.24, 2.45) is 0 Å². The van der Waals surface area contributed by atoms with Gasteiger partial charge in [-0.25, -0.2) is 4.98 Å². The fourth-order valence-electron chi connectivity index (χ4n) is 9.96. The van der Waals surface area contributed by atoms with Crippen molar-refractivity contribution in [3.05, 3.63) is 259 Å². The molecule has 348 valence electrons. The largest absolute Gasteiger partial charge is 0.458 e. The third kappa shape index (κ3) is 8.74. The number of imidazole rings is 1. The Morgan fingerprint density at radius 2 is 1.07 bits per heavy atom. The minimum atomic E-state index is -0.350. The number of benzene rings is 8. The first-order chi connectivity index (χ1) is 34.3. The number of hydrogen-bond donors (Lipinski definition) is 0. The summed E-state index contributed by atoms with van der Waals surface area (Å²) >= 11 is 0. The zero-order chi connectivity index (χ0) is 48.9. The molecule has 0 unspecified atom stereocenters. The second-order valence-corrected chi connectivity index (χ2v) is 20.8. The third-order valence-electron chi connectivity index (χ3n) is 14.4. The highest BCUT2D eigenvalue weighted by molar-refractivity contribution is 6.10. The van der Waals surface area contributed by atoms with Gasteiger partial charge >= 0.3 is 0 Å². The molecule has 0 radical (unpaired) electrons. The molecule has 5 heteroatoms. The van der Waals surface area contributed by atoms with E-state index >= 15 is 0 Å². The lowest BCUT2D eigenvalue weighted by atomic mass is 9.77. The van der Waals surface area contributed by atoms with Gasteiger partial charge in [-0.15, -0.1) is 0 Å². The fraction of sp³-hybridized carbons (Fsp3) is 0.152. The topological polar surface area (TPSA) is 35.9 Å². The summed E-state index contributed by atoms with van der Waals surface area (Å²) in [5.74, 6) is 2.34. The highest BCUT2D eigenvalue weighted by atomic mass is 16.5. The van der Waals surface area contributed by atoms with Gasteiger partial charge in [-0.1, -0.05) is 182 Å². The molecule has 5 nitrogen and oxygen atoms in total. The van der Waals surface area contributed by atoms with E-state index in [1.807, 2.05) is 6.20 Å². The molecule has 0 saturated carbocycles. The highest BCUT2D eigenvalue weighted by Crippen LogP contribution is 2.41. The monoisotopic (exact) mass is 922 g/mol. The van der Waals surface area contributed by atoms with Crippen molar-refractivity contribution in [3.63, 3.8) is 0 Å². The molecule has 3 heterocycles. The van der Waals surface area contributed by atoms with Gasteiger partial charge in [0.2, 0.25) is 0 Å². The van der Waals surface area contributed by atoms with Crippen molar-refractivity contribution < 1.29 is 9.30 Å². The average Bonchev–Trinajstić information content (AvgIpc) is 4.03. The lowest BCUT2D eigenvalue weighted by Crippen LogP contribution is -2.29. The Bertz CT molecular complexity index is 3690. The van der Waals surface area contributed by atoms with E-state index in [1.54, 1.807) is 0 Å². The molecule has 0 atom stereocenters. The van der Waals surface area contributed by atoms with Gasteiger partial charge in [-0.3, -0.25) is 13.7 Å². The Hall–Kier alpha value is -8.28. The van der Waals surface area contributed by atoms with Gasteiger partial charge in [0.05, 0.1) is 22.4 Å². The Morgan fingerprint density at radius 1 is 0.451 bits per heavy atom. The summed E-state index contributed by atoms with van der Waals surface area (Å²) in [7, 11) is 0. The van der Waals surface area contributed by atoms with Crippen molar-refractivity contribution in [2.45, 2.75) is 64.7 Å². The van der Waals surface area contributed by atoms with Crippen LogP contribution in [0.4, 0.5) is 0 Å². The maximum Gasteiger partial charge on any atom is 0.268 e. The van der Waals surface area contributed by atoms with Gasteiger partial charge in [-0.2, -0.15) is 0 Å². The normalized spacial score (nSPS) is 12.2. The van der Waals surface area contributed by atoms with E-state index in [0.29, 0.717) is 0 Å². The number of nitrogens with zero attached hydrogens (tertiary/aromatic N) is 4. The van der Waals surface area contributed by atoms with Crippen LogP contribution in [0.25, 0.3) is 61.3 Å². The minimum Gasteiger partial charge on any atom is -0.458 e. The van der Waals surface area contributed by atoms with E-state index < -0.39 is 0 Å². The van der Waals surface area contributed by atoms with E-state index in [-0.39, 0.29) is 16.2 Å². The van der Waals surface area contributed by atoms with Gasteiger partial charge in [0.25, 0.3) is 6.33 Å². The molecule has 0 fully saturated rings. The Kier molecular flexibility index (Phi) is 11.4. The second kappa shape index (κ2) is 17.9. The molecule has 0 aliphatic rings. The van der Waals surface area contributed by atoms with Gasteiger partial charge in [0, 0.05) is 46.3 Å². The lowest BCUT2D eigenvalue weighted by molar-refractivity contribution is -0.599. The van der Waals surface area contributed by atoms with Crippen LogP contribution >= 0.6 is 0 Å². The summed E-state index contributed by atoms with van der Waals surface area (Å²) in [6.45, 7) is 15.9. The summed E-state index contributed by atoms with van der Waals surface area (Å²) < 4.78 is 13.5. The number of ether oxygens (including phenoxy) is 1. The predicted octanol–water partition coefficient (Wildman–Crippen LogP) is 16.1. The van der Waals surface area contributed by atoms with Crippen molar-refractivity contribution in [1.82, 2.24) is 14.1 Å². The Morgan fingerprint density at radius 3 is 1.72 bits per heavy atom. The van der Waals surface area contributed by atoms with Crippen LogP contribution in [0.5, 0.6) is 11.5 Å². The highest BCUT2D eigenvalue weighted by Gasteiger charge is 2.27. The smallest absolute Gasteiger partial charge is 0.268 e. The lowest BCUT2D eigenvalue weighted by Gasteiger charge is -2.28. The van der Waals surface area contributed by atoms with Crippen LogP contribution < -0.4 is 9.30 Å². The van der Waals surface area contributed by atoms with Gasteiger partial charge in [-0.05, 0) is 122 Å². The first-order valence-electron chi connectivity index (χ1n) is 24.6. The number of rotatable bonds is 11. The first kappa shape index (κ1) is 45.2. The minimum absolute atomic E-state index is 0.0493. The van der Waals surface area contributed by atoms with Crippen LogP contribution in [0.1, 0.15) is 76.3 Å². The van der Waals surface area contributed by atoms with Crippen LogP contribution in [-0.2, 0) is 16.2 Å². The molecule has 11 aromatic rings. The van der Waals surface area contributed by atoms with Crippen LogP contribution in [0.2, 0.25) is 0 Å². The second-order valence-electron chi connectivity index (χ2n) is 20.8. The van der Waals surface area contributed by atoms with E-state index in [4.69, 9.17) is 9.72 Å². The molecule has 0 saturated heterocycles. The Balaban J connectivity index is 1.03. The van der Waals surface area contributed by atoms with Crippen molar-refractivity contribution >= 4 is 21.8 Å². The van der Waals surface area contributed by atoms with Gasteiger partial charge in [0.1, 0.15) is 17.3 Å². The average molecular weight is 923 g/mol. The van der Waals surface area contributed by atoms with Crippen LogP contribution in [0.15, 0.2) is 225 Å². The maximum atomic E-state index is 7.06. The molecule has 0 amide bonds. The predicted molar refractivity (Wildman–Crippen MR) is 291 cm³/mol. The number of aromatic nitrogens is 4. The van der Waals surface area contributed by atoms with E-state index in [9.17, 15) is 0 Å². The standard InChI is InChI=1S/C66H58N4O/c1-64(2,3)52-32-33-67-63(42-52)70-61-31-28-48(46-20-12-8-13-21-46)38-60(61)59-30-29-57(44-62(59)70)71-58-41-54(66(6,7)51-26-18-11-19-27-51)40-56(43-58)69-35-34-68(45-69)55-37-49(47-22-14-9-15-23-47)36-53(39-55)65(4,5)50-24-16-10-17-25-50/h8-44H,1-7H3. The molecule has 0 bridgehead atoms.